The number of hydrogen-bond donors (Lipinski definition) is 0. The average molecular weight is 277 g/mol. The van der Waals surface area contributed by atoms with E-state index < -0.39 is 0 Å². The minimum Gasteiger partial charge on any atom is -0.382 e. The molecule has 1 aliphatic rings. The molecule has 0 radical (unpaired) electrons. The number of benzene rings is 1. The molecule has 1 fully saturated rings. The molecule has 1 aromatic rings. The van der Waals surface area contributed by atoms with Crippen LogP contribution in [0.1, 0.15) is 17.5 Å². The van der Waals surface area contributed by atoms with Gasteiger partial charge in [-0.3, -0.25) is 4.79 Å². The van der Waals surface area contributed by atoms with Crippen molar-refractivity contribution < 1.29 is 14.3 Å². The summed E-state index contributed by atoms with van der Waals surface area (Å²) in [7, 11) is 1.66. The first kappa shape index (κ1) is 15.0. The molecule has 20 heavy (non-hydrogen) atoms. The number of morpholine rings is 1. The van der Waals surface area contributed by atoms with Gasteiger partial charge in [-0.2, -0.15) is 0 Å². The van der Waals surface area contributed by atoms with Crippen LogP contribution in [-0.4, -0.2) is 50.3 Å². The Morgan fingerprint density at radius 1 is 1.45 bits per heavy atom. The van der Waals surface area contributed by atoms with Crippen LogP contribution in [-0.2, 0) is 20.7 Å². The maximum absolute atomic E-state index is 12.4. The molecule has 0 aliphatic carbocycles. The topological polar surface area (TPSA) is 38.8 Å². The third-order valence-electron chi connectivity index (χ3n) is 3.78. The fraction of sp³-hybridized carbons (Fsp3) is 0.562. The van der Waals surface area contributed by atoms with Crippen molar-refractivity contribution in [3.05, 3.63) is 35.4 Å². The summed E-state index contributed by atoms with van der Waals surface area (Å²) < 4.78 is 10.6. The monoisotopic (exact) mass is 277 g/mol. The molecule has 110 valence electrons. The molecule has 1 unspecified atom stereocenters. The number of aryl methyl sites for hydroxylation is 2. The summed E-state index contributed by atoms with van der Waals surface area (Å²) in [4.78, 5) is 14.3. The quantitative estimate of drug-likeness (QED) is 0.824. The fourth-order valence-electron chi connectivity index (χ4n) is 2.59. The Morgan fingerprint density at radius 3 is 3.00 bits per heavy atom. The lowest BCUT2D eigenvalue weighted by molar-refractivity contribution is -0.142. The van der Waals surface area contributed by atoms with Crippen LogP contribution >= 0.6 is 0 Å². The van der Waals surface area contributed by atoms with Crippen molar-refractivity contribution in [2.75, 3.05) is 33.5 Å². The van der Waals surface area contributed by atoms with Crippen molar-refractivity contribution >= 4 is 5.91 Å². The normalized spacial score (nSPS) is 19.1. The fourth-order valence-corrected chi connectivity index (χ4v) is 2.59. The average Bonchev–Trinajstić information content (AvgIpc) is 2.47. The molecule has 1 aromatic carbocycles. The van der Waals surface area contributed by atoms with E-state index in [1.807, 2.05) is 17.0 Å². The zero-order valence-electron chi connectivity index (χ0n) is 12.3. The van der Waals surface area contributed by atoms with E-state index in [4.69, 9.17) is 9.47 Å². The number of methoxy groups -OCH3 is 1. The van der Waals surface area contributed by atoms with Gasteiger partial charge in [-0.25, -0.2) is 0 Å². The largest absolute Gasteiger partial charge is 0.382 e. The number of hydrogen-bond acceptors (Lipinski definition) is 3. The predicted octanol–water partition coefficient (Wildman–Crippen LogP) is 1.80. The maximum Gasteiger partial charge on any atom is 0.223 e. The van der Waals surface area contributed by atoms with Gasteiger partial charge in [0, 0.05) is 20.1 Å². The Hall–Kier alpha value is -1.39. The lowest BCUT2D eigenvalue weighted by atomic mass is 10.0. The molecule has 1 heterocycles. The van der Waals surface area contributed by atoms with Crippen molar-refractivity contribution in [1.82, 2.24) is 4.90 Å². The van der Waals surface area contributed by atoms with Crippen molar-refractivity contribution in [3.63, 3.8) is 0 Å². The predicted molar refractivity (Wildman–Crippen MR) is 77.7 cm³/mol. The van der Waals surface area contributed by atoms with Gasteiger partial charge in [0.05, 0.1) is 25.9 Å². The van der Waals surface area contributed by atoms with E-state index in [2.05, 4.69) is 19.1 Å². The van der Waals surface area contributed by atoms with E-state index in [1.165, 1.54) is 11.1 Å². The Balaban J connectivity index is 1.91. The summed E-state index contributed by atoms with van der Waals surface area (Å²) in [5.41, 5.74) is 2.49. The smallest absolute Gasteiger partial charge is 0.223 e. The highest BCUT2D eigenvalue weighted by Crippen LogP contribution is 2.13. The zero-order valence-corrected chi connectivity index (χ0v) is 12.3. The van der Waals surface area contributed by atoms with Crippen molar-refractivity contribution in [3.8, 4) is 0 Å². The van der Waals surface area contributed by atoms with Crippen LogP contribution in [0.3, 0.4) is 0 Å². The number of carbonyl (C=O) groups excluding carboxylic acids is 1. The molecule has 0 spiro atoms. The number of carbonyl (C=O) groups is 1. The van der Waals surface area contributed by atoms with E-state index in [1.54, 1.807) is 7.11 Å². The Kier molecular flexibility index (Phi) is 5.56. The summed E-state index contributed by atoms with van der Waals surface area (Å²) in [5.74, 6) is 0.193. The van der Waals surface area contributed by atoms with E-state index in [0.29, 0.717) is 32.8 Å². The van der Waals surface area contributed by atoms with E-state index in [-0.39, 0.29) is 11.9 Å². The number of amides is 1. The molecule has 0 bridgehead atoms. The van der Waals surface area contributed by atoms with Gasteiger partial charge in [0.15, 0.2) is 0 Å². The Morgan fingerprint density at radius 2 is 2.25 bits per heavy atom. The second-order valence-corrected chi connectivity index (χ2v) is 5.20. The van der Waals surface area contributed by atoms with Crippen LogP contribution < -0.4 is 0 Å². The molecular formula is C16H23NO3. The minimum atomic E-state index is 0.0538. The van der Waals surface area contributed by atoms with Crippen molar-refractivity contribution in [2.24, 2.45) is 0 Å². The van der Waals surface area contributed by atoms with Crippen molar-refractivity contribution in [2.45, 2.75) is 25.8 Å². The minimum absolute atomic E-state index is 0.0538. The highest BCUT2D eigenvalue weighted by Gasteiger charge is 2.26. The molecule has 4 heteroatoms. The highest BCUT2D eigenvalue weighted by atomic mass is 16.5. The van der Waals surface area contributed by atoms with Crippen LogP contribution in [0.25, 0.3) is 0 Å². The summed E-state index contributed by atoms with van der Waals surface area (Å²) in [6, 6.07) is 8.28. The molecule has 0 N–H and O–H groups in total. The van der Waals surface area contributed by atoms with Gasteiger partial charge in [0.1, 0.15) is 0 Å². The van der Waals surface area contributed by atoms with Gasteiger partial charge in [0.25, 0.3) is 0 Å². The van der Waals surface area contributed by atoms with Gasteiger partial charge in [-0.15, -0.1) is 0 Å². The molecule has 2 rings (SSSR count). The third kappa shape index (κ3) is 3.81. The van der Waals surface area contributed by atoms with E-state index >= 15 is 0 Å². The van der Waals surface area contributed by atoms with Crippen molar-refractivity contribution in [1.29, 1.82) is 0 Å². The molecule has 0 saturated carbocycles. The van der Waals surface area contributed by atoms with E-state index in [0.717, 1.165) is 6.42 Å². The van der Waals surface area contributed by atoms with Crippen LogP contribution in [0.2, 0.25) is 0 Å². The molecule has 1 atom stereocenters. The second kappa shape index (κ2) is 7.41. The molecule has 1 saturated heterocycles. The lowest BCUT2D eigenvalue weighted by Gasteiger charge is -2.35. The summed E-state index contributed by atoms with van der Waals surface area (Å²) in [6.07, 6.45) is 1.34. The maximum atomic E-state index is 12.4. The highest BCUT2D eigenvalue weighted by molar-refractivity contribution is 5.77. The Labute approximate surface area is 120 Å². The number of nitrogens with zero attached hydrogens (tertiary/aromatic N) is 1. The SMILES string of the molecule is COCC1COCCN1C(=O)CCc1ccccc1C. The molecule has 1 aliphatic heterocycles. The second-order valence-electron chi connectivity index (χ2n) is 5.20. The van der Waals surface area contributed by atoms with Crippen LogP contribution in [0.15, 0.2) is 24.3 Å². The van der Waals surface area contributed by atoms with E-state index in [9.17, 15) is 4.79 Å². The van der Waals surface area contributed by atoms with Gasteiger partial charge in [-0.1, -0.05) is 24.3 Å². The number of ether oxygens (including phenoxy) is 2. The molecule has 4 nitrogen and oxygen atoms in total. The van der Waals surface area contributed by atoms with Gasteiger partial charge in [0.2, 0.25) is 5.91 Å². The molecular weight excluding hydrogens is 254 g/mol. The van der Waals surface area contributed by atoms with Crippen LogP contribution in [0, 0.1) is 6.92 Å². The van der Waals surface area contributed by atoms with Gasteiger partial charge in [-0.05, 0) is 24.5 Å². The molecule has 1 amide bonds. The third-order valence-corrected chi connectivity index (χ3v) is 3.78. The van der Waals surface area contributed by atoms with Crippen LogP contribution in [0.5, 0.6) is 0 Å². The summed E-state index contributed by atoms with van der Waals surface area (Å²) in [5, 5.41) is 0. The summed E-state index contributed by atoms with van der Waals surface area (Å²) >= 11 is 0. The standard InChI is InChI=1S/C16H23NO3/c1-13-5-3-4-6-14(13)7-8-16(18)17-9-10-20-12-15(17)11-19-2/h3-6,15H,7-12H2,1-2H3. The molecule has 0 aromatic heterocycles. The van der Waals surface area contributed by atoms with Gasteiger partial charge < -0.3 is 14.4 Å². The lowest BCUT2D eigenvalue weighted by Crippen LogP contribution is -2.50. The van der Waals surface area contributed by atoms with Gasteiger partial charge >= 0.3 is 0 Å². The first-order valence-corrected chi connectivity index (χ1v) is 7.13. The van der Waals surface area contributed by atoms with Crippen LogP contribution in [0.4, 0.5) is 0 Å². The first-order valence-electron chi connectivity index (χ1n) is 7.13. The number of rotatable bonds is 5. The summed E-state index contributed by atoms with van der Waals surface area (Å²) in [6.45, 7) is 4.49. The Bertz CT molecular complexity index is 445. The first-order chi connectivity index (χ1) is 9.72. The zero-order chi connectivity index (χ0) is 14.4.